The highest BCUT2D eigenvalue weighted by Crippen LogP contribution is 1.58. The molecular weight excluding hydrogens is 73.0 g/mol. The summed E-state index contributed by atoms with van der Waals surface area (Å²) in [7, 11) is 0. The minimum Gasteiger partial charge on any atom is -0.322 e. The average Bonchev–Trinajstić information content (AvgIpc) is 1.38. The first-order chi connectivity index (χ1) is 2.27. The Morgan fingerprint density at radius 1 is 2.00 bits per heavy atom. The summed E-state index contributed by atoms with van der Waals surface area (Å²) in [4.78, 5) is 9.02. The molecule has 0 aromatic rings. The second-order valence-electron chi connectivity index (χ2n) is 0.559. The van der Waals surface area contributed by atoms with E-state index in [1.165, 1.54) is 0 Å². The van der Waals surface area contributed by atoms with Gasteiger partial charge in [0, 0.05) is 0 Å². The van der Waals surface area contributed by atoms with Gasteiger partial charge >= 0.3 is 6.04 Å². The van der Waals surface area contributed by atoms with Gasteiger partial charge in [0.25, 0.3) is 0 Å². The molecule has 0 heterocycles. The first kappa shape index (κ1) is 4.56. The standard InChI is InChI=1S/C2H4FNO/c3-2(5)1-4/h1,4H2. The molecule has 0 saturated carbocycles. The number of carbonyl (C=O) groups is 1. The van der Waals surface area contributed by atoms with Gasteiger partial charge in [-0.1, -0.05) is 0 Å². The maximum absolute atomic E-state index is 10.7. The topological polar surface area (TPSA) is 43.1 Å². The Kier molecular flexibility index (Phi) is 1.68. The van der Waals surface area contributed by atoms with Crippen molar-refractivity contribution >= 4 is 6.04 Å². The predicted molar refractivity (Wildman–Crippen MR) is 15.2 cm³/mol. The molecule has 0 bridgehead atoms. The molecule has 0 aromatic carbocycles. The van der Waals surface area contributed by atoms with Crippen molar-refractivity contribution in [2.24, 2.45) is 5.73 Å². The first-order valence-corrected chi connectivity index (χ1v) is 1.15. The highest BCUT2D eigenvalue weighted by molar-refractivity contribution is 5.69. The molecule has 0 aliphatic carbocycles. The molecule has 0 aromatic heterocycles. The summed E-state index contributed by atoms with van der Waals surface area (Å²) in [5.41, 5.74) is 4.45. The third kappa shape index (κ3) is 3.56. The molecule has 0 spiro atoms. The van der Waals surface area contributed by atoms with Crippen molar-refractivity contribution in [1.29, 1.82) is 0 Å². The number of hydrogen-bond donors (Lipinski definition) is 1. The van der Waals surface area contributed by atoms with Gasteiger partial charge in [0.2, 0.25) is 0 Å². The first-order valence-electron chi connectivity index (χ1n) is 1.15. The summed E-state index contributed by atoms with van der Waals surface area (Å²) in [5.74, 6) is 0. The van der Waals surface area contributed by atoms with E-state index in [2.05, 4.69) is 5.73 Å². The van der Waals surface area contributed by atoms with Crippen LogP contribution in [-0.4, -0.2) is 12.6 Å². The van der Waals surface area contributed by atoms with Crippen LogP contribution in [-0.2, 0) is 4.79 Å². The Bertz CT molecular complexity index is 44.9. The molecule has 0 amide bonds. The SMILES string of the molecule is NCC(=O)F. The van der Waals surface area contributed by atoms with Crippen molar-refractivity contribution in [3.05, 3.63) is 0 Å². The molecule has 30 valence electrons. The van der Waals surface area contributed by atoms with Gasteiger partial charge in [-0.05, 0) is 0 Å². The van der Waals surface area contributed by atoms with Crippen molar-refractivity contribution in [2.45, 2.75) is 0 Å². The van der Waals surface area contributed by atoms with Crippen molar-refractivity contribution in [1.82, 2.24) is 0 Å². The van der Waals surface area contributed by atoms with Crippen LogP contribution in [0.2, 0.25) is 0 Å². The van der Waals surface area contributed by atoms with Gasteiger partial charge in [-0.2, -0.15) is 4.39 Å². The fourth-order valence-electron chi connectivity index (χ4n) is 0. The Labute approximate surface area is 28.8 Å². The predicted octanol–water partition coefficient (Wildman–Crippen LogP) is -0.559. The highest BCUT2D eigenvalue weighted by atomic mass is 19.1. The monoisotopic (exact) mass is 77.0 g/mol. The van der Waals surface area contributed by atoms with E-state index in [1.807, 2.05) is 0 Å². The van der Waals surface area contributed by atoms with Gasteiger partial charge in [0.05, 0.1) is 6.54 Å². The molecule has 0 saturated heterocycles. The third-order valence-electron chi connectivity index (χ3n) is 0.160. The smallest absolute Gasteiger partial charge is 0.314 e. The van der Waals surface area contributed by atoms with Gasteiger partial charge in [0.15, 0.2) is 0 Å². The third-order valence-corrected chi connectivity index (χ3v) is 0.160. The van der Waals surface area contributed by atoms with Crippen LogP contribution in [0.1, 0.15) is 0 Å². The van der Waals surface area contributed by atoms with Gasteiger partial charge in [-0.15, -0.1) is 0 Å². The van der Waals surface area contributed by atoms with E-state index in [-0.39, 0.29) is 0 Å². The lowest BCUT2D eigenvalue weighted by atomic mass is 10.7. The van der Waals surface area contributed by atoms with E-state index in [9.17, 15) is 4.39 Å². The van der Waals surface area contributed by atoms with Gasteiger partial charge in [-0.3, -0.25) is 4.79 Å². The Morgan fingerprint density at radius 3 is 2.20 bits per heavy atom. The lowest BCUT2D eigenvalue weighted by Gasteiger charge is -1.68. The van der Waals surface area contributed by atoms with Crippen LogP contribution in [0.25, 0.3) is 0 Å². The minimum absolute atomic E-state index is 0.500. The van der Waals surface area contributed by atoms with E-state index >= 15 is 0 Å². The molecule has 0 atom stereocenters. The normalized spacial score (nSPS) is 7.60. The Balaban J connectivity index is 2.85. The highest BCUT2D eigenvalue weighted by Gasteiger charge is 1.83. The largest absolute Gasteiger partial charge is 0.322 e. The van der Waals surface area contributed by atoms with Crippen LogP contribution in [0.15, 0.2) is 0 Å². The number of rotatable bonds is 1. The molecule has 2 nitrogen and oxygen atoms in total. The van der Waals surface area contributed by atoms with Crippen LogP contribution < -0.4 is 5.73 Å². The minimum atomic E-state index is -1.47. The number of carbonyl (C=O) groups excluding carboxylic acids is 1. The fourth-order valence-corrected chi connectivity index (χ4v) is 0. The van der Waals surface area contributed by atoms with Crippen LogP contribution in [0.3, 0.4) is 0 Å². The molecule has 2 N–H and O–H groups in total. The number of halogens is 1. The molecule has 0 aliphatic heterocycles. The summed E-state index contributed by atoms with van der Waals surface area (Å²) in [5, 5.41) is 0. The maximum atomic E-state index is 10.7. The fraction of sp³-hybridized carbons (Fsp3) is 0.500. The summed E-state index contributed by atoms with van der Waals surface area (Å²) >= 11 is 0. The zero-order valence-corrected chi connectivity index (χ0v) is 2.57. The van der Waals surface area contributed by atoms with Crippen LogP contribution >= 0.6 is 0 Å². The van der Waals surface area contributed by atoms with Gasteiger partial charge < -0.3 is 5.73 Å². The lowest BCUT2D eigenvalue weighted by molar-refractivity contribution is -0.127. The lowest BCUT2D eigenvalue weighted by Crippen LogP contribution is -2.06. The molecule has 0 rings (SSSR count). The summed E-state index contributed by atoms with van der Waals surface area (Å²) in [6.07, 6.45) is 0. The second kappa shape index (κ2) is 1.84. The zero-order valence-electron chi connectivity index (χ0n) is 2.57. The van der Waals surface area contributed by atoms with Crippen LogP contribution in [0.4, 0.5) is 4.39 Å². The van der Waals surface area contributed by atoms with E-state index < -0.39 is 12.6 Å². The van der Waals surface area contributed by atoms with Crippen molar-refractivity contribution in [3.63, 3.8) is 0 Å². The van der Waals surface area contributed by atoms with E-state index in [1.54, 1.807) is 0 Å². The molecule has 5 heavy (non-hydrogen) atoms. The summed E-state index contributed by atoms with van der Waals surface area (Å²) in [6, 6.07) is -1.47. The van der Waals surface area contributed by atoms with E-state index in [4.69, 9.17) is 4.79 Å². The van der Waals surface area contributed by atoms with Crippen LogP contribution in [0.5, 0.6) is 0 Å². The van der Waals surface area contributed by atoms with Crippen molar-refractivity contribution in [3.8, 4) is 0 Å². The Hall–Kier alpha value is -0.440. The number of nitrogens with two attached hydrogens (primary N) is 1. The zero-order chi connectivity index (χ0) is 4.28. The molecule has 0 unspecified atom stereocenters. The van der Waals surface area contributed by atoms with Crippen molar-refractivity contribution < 1.29 is 9.18 Å². The summed E-state index contributed by atoms with van der Waals surface area (Å²) < 4.78 is 10.7. The van der Waals surface area contributed by atoms with Crippen LogP contribution in [0, 0.1) is 0 Å². The average molecular weight is 77.1 g/mol. The number of hydrogen-bond acceptors (Lipinski definition) is 2. The van der Waals surface area contributed by atoms with Gasteiger partial charge in [-0.25, -0.2) is 0 Å². The summed E-state index contributed by atoms with van der Waals surface area (Å²) in [6.45, 7) is -0.500. The van der Waals surface area contributed by atoms with E-state index in [0.717, 1.165) is 0 Å². The second-order valence-corrected chi connectivity index (χ2v) is 0.559. The van der Waals surface area contributed by atoms with Gasteiger partial charge in [0.1, 0.15) is 0 Å². The molecule has 0 radical (unpaired) electrons. The quantitative estimate of drug-likeness (QED) is 0.426. The molecule has 0 fully saturated rings. The molecule has 3 heteroatoms. The maximum Gasteiger partial charge on any atom is 0.314 e. The Morgan fingerprint density at radius 2 is 2.20 bits per heavy atom. The molecular formula is C2H4FNO. The molecule has 0 aliphatic rings. The van der Waals surface area contributed by atoms with E-state index in [0.29, 0.717) is 0 Å². The van der Waals surface area contributed by atoms with Crippen molar-refractivity contribution in [2.75, 3.05) is 6.54 Å².